The van der Waals surface area contributed by atoms with Gasteiger partial charge in [-0.15, -0.1) is 0 Å². The highest BCUT2D eigenvalue weighted by Crippen LogP contribution is 2.37. The molecule has 30 heavy (non-hydrogen) atoms. The Morgan fingerprint density at radius 3 is 2.57 bits per heavy atom. The highest BCUT2D eigenvalue weighted by molar-refractivity contribution is 6.14. The predicted octanol–water partition coefficient (Wildman–Crippen LogP) is 4.53. The van der Waals surface area contributed by atoms with Gasteiger partial charge >= 0.3 is 0 Å². The van der Waals surface area contributed by atoms with Crippen LogP contribution in [0.5, 0.6) is 0 Å². The second kappa shape index (κ2) is 7.63. The Morgan fingerprint density at radius 1 is 1.13 bits per heavy atom. The van der Waals surface area contributed by atoms with E-state index in [9.17, 15) is 9.59 Å². The van der Waals surface area contributed by atoms with Gasteiger partial charge < -0.3 is 9.88 Å². The monoisotopic (exact) mass is 403 g/mol. The maximum Gasteiger partial charge on any atom is 0.275 e. The molecule has 1 aliphatic rings. The largest absolute Gasteiger partial charge is 0.354 e. The van der Waals surface area contributed by atoms with Crippen molar-refractivity contribution in [1.29, 1.82) is 0 Å². The summed E-state index contributed by atoms with van der Waals surface area (Å²) in [5.41, 5.74) is 2.31. The van der Waals surface area contributed by atoms with Crippen molar-refractivity contribution in [3.63, 3.8) is 0 Å². The van der Waals surface area contributed by atoms with Crippen LogP contribution in [0.4, 0.5) is 5.69 Å². The molecule has 1 aromatic heterocycles. The number of aromatic nitrogens is 1. The highest BCUT2D eigenvalue weighted by atomic mass is 16.2. The molecule has 156 valence electrons. The maximum absolute atomic E-state index is 13.8. The molecular weight excluding hydrogens is 374 g/mol. The summed E-state index contributed by atoms with van der Waals surface area (Å²) < 4.78 is 1.99. The topological polar surface area (TPSA) is 54.3 Å². The number of hydrogen-bond donors (Lipinski definition) is 1. The summed E-state index contributed by atoms with van der Waals surface area (Å²) in [7, 11) is 0. The molecule has 0 fully saturated rings. The first-order valence-electron chi connectivity index (χ1n) is 10.6. The maximum atomic E-state index is 13.8. The Hall–Kier alpha value is -3.08. The third kappa shape index (κ3) is 3.28. The van der Waals surface area contributed by atoms with Crippen molar-refractivity contribution in [3.8, 4) is 0 Å². The number of para-hydroxylation sites is 2. The first kappa shape index (κ1) is 20.2. The number of fused-ring (bicyclic) bond motifs is 3. The zero-order valence-electron chi connectivity index (χ0n) is 18.1. The fourth-order valence-electron chi connectivity index (χ4n) is 4.30. The smallest absolute Gasteiger partial charge is 0.275 e. The highest BCUT2D eigenvalue weighted by Gasteiger charge is 2.48. The van der Waals surface area contributed by atoms with Gasteiger partial charge in [-0.25, -0.2) is 0 Å². The zero-order chi connectivity index (χ0) is 21.5. The van der Waals surface area contributed by atoms with Crippen molar-refractivity contribution in [2.45, 2.75) is 46.2 Å². The number of carbonyl (C=O) groups is 2. The summed E-state index contributed by atoms with van der Waals surface area (Å²) >= 11 is 0. The van der Waals surface area contributed by atoms with Gasteiger partial charge in [0, 0.05) is 23.1 Å². The number of amides is 2. The minimum atomic E-state index is -1.03. The molecule has 0 unspecified atom stereocenters. The van der Waals surface area contributed by atoms with Crippen molar-refractivity contribution in [2.75, 3.05) is 11.4 Å². The summed E-state index contributed by atoms with van der Waals surface area (Å²) in [4.78, 5) is 29.0. The van der Waals surface area contributed by atoms with Crippen LogP contribution in [0.3, 0.4) is 0 Å². The number of hydrogen-bond acceptors (Lipinski definition) is 2. The van der Waals surface area contributed by atoms with Crippen molar-refractivity contribution in [2.24, 2.45) is 5.92 Å². The Kier molecular flexibility index (Phi) is 5.14. The van der Waals surface area contributed by atoms with E-state index in [1.54, 1.807) is 4.90 Å². The molecule has 5 heteroatoms. The molecule has 2 amide bonds. The second-order valence-electron chi connectivity index (χ2n) is 8.81. The Morgan fingerprint density at radius 2 is 1.83 bits per heavy atom. The molecule has 0 spiro atoms. The van der Waals surface area contributed by atoms with Crippen LogP contribution in [0.2, 0.25) is 0 Å². The van der Waals surface area contributed by atoms with E-state index >= 15 is 0 Å². The van der Waals surface area contributed by atoms with Crippen LogP contribution in [-0.2, 0) is 11.3 Å². The average Bonchev–Trinajstić information content (AvgIpc) is 3.08. The molecule has 5 nitrogen and oxygen atoms in total. The SMILES string of the molecule is Cc1ccccc1N1C(=O)c2cc3ccccc3n2C[C@]1(C)C(=O)NCCC(C)C. The first-order chi connectivity index (χ1) is 14.3. The Bertz CT molecular complexity index is 1110. The molecule has 0 saturated heterocycles. The van der Waals surface area contributed by atoms with Crippen LogP contribution in [0.25, 0.3) is 10.9 Å². The molecule has 0 radical (unpaired) electrons. The standard InChI is InChI=1S/C25H29N3O2/c1-17(2)13-14-26-24(30)25(4)16-27-21-12-8-6-10-19(21)15-22(27)23(29)28(25)20-11-7-5-9-18(20)3/h5-12,15,17H,13-14,16H2,1-4H3,(H,26,30)/t25-/m1/s1. The summed E-state index contributed by atoms with van der Waals surface area (Å²) in [6, 6.07) is 17.6. The van der Waals surface area contributed by atoms with E-state index in [-0.39, 0.29) is 11.8 Å². The summed E-state index contributed by atoms with van der Waals surface area (Å²) in [6.07, 6.45) is 0.901. The van der Waals surface area contributed by atoms with Crippen LogP contribution in [-0.4, -0.2) is 28.5 Å². The summed E-state index contributed by atoms with van der Waals surface area (Å²) in [5.74, 6) is 0.231. The lowest BCUT2D eigenvalue weighted by Gasteiger charge is -2.44. The van der Waals surface area contributed by atoms with Gasteiger partial charge in [0.25, 0.3) is 5.91 Å². The number of aryl methyl sites for hydroxylation is 1. The molecule has 2 heterocycles. The number of benzene rings is 2. The van der Waals surface area contributed by atoms with E-state index in [4.69, 9.17) is 0 Å². The minimum absolute atomic E-state index is 0.122. The Labute approximate surface area is 177 Å². The third-order valence-electron chi connectivity index (χ3n) is 6.05. The van der Waals surface area contributed by atoms with Gasteiger partial charge in [-0.3, -0.25) is 14.5 Å². The molecule has 0 aliphatic carbocycles. The zero-order valence-corrected chi connectivity index (χ0v) is 18.1. The van der Waals surface area contributed by atoms with E-state index < -0.39 is 5.54 Å². The van der Waals surface area contributed by atoms with E-state index in [1.165, 1.54) is 0 Å². The fraction of sp³-hybridized carbons (Fsp3) is 0.360. The number of rotatable bonds is 5. The number of anilines is 1. The van der Waals surface area contributed by atoms with Crippen molar-refractivity contribution in [3.05, 3.63) is 65.9 Å². The quantitative estimate of drug-likeness (QED) is 0.680. The van der Waals surface area contributed by atoms with Crippen molar-refractivity contribution < 1.29 is 9.59 Å². The van der Waals surface area contributed by atoms with Crippen LogP contribution >= 0.6 is 0 Å². The van der Waals surface area contributed by atoms with Gasteiger partial charge in [-0.2, -0.15) is 0 Å². The van der Waals surface area contributed by atoms with E-state index in [0.717, 1.165) is 28.6 Å². The predicted molar refractivity (Wildman–Crippen MR) is 121 cm³/mol. The molecule has 4 rings (SSSR count). The lowest BCUT2D eigenvalue weighted by atomic mass is 9.92. The molecule has 1 atom stereocenters. The lowest BCUT2D eigenvalue weighted by Crippen LogP contribution is -2.64. The van der Waals surface area contributed by atoms with Gasteiger partial charge in [0.05, 0.1) is 6.54 Å². The van der Waals surface area contributed by atoms with Gasteiger partial charge in [0.2, 0.25) is 5.91 Å². The molecule has 2 aromatic carbocycles. The van der Waals surface area contributed by atoms with Gasteiger partial charge in [-0.1, -0.05) is 50.2 Å². The first-order valence-corrected chi connectivity index (χ1v) is 10.6. The molecule has 0 saturated carbocycles. The molecule has 1 N–H and O–H groups in total. The minimum Gasteiger partial charge on any atom is -0.354 e. The lowest BCUT2D eigenvalue weighted by molar-refractivity contribution is -0.126. The number of nitrogens with zero attached hydrogens (tertiary/aromatic N) is 2. The molecule has 0 bridgehead atoms. The molecule has 1 aliphatic heterocycles. The number of nitrogens with one attached hydrogen (secondary N) is 1. The van der Waals surface area contributed by atoms with E-state index in [0.29, 0.717) is 24.7 Å². The van der Waals surface area contributed by atoms with E-state index in [1.807, 2.05) is 73.0 Å². The van der Waals surface area contributed by atoms with Gasteiger partial charge in [0.15, 0.2) is 0 Å². The van der Waals surface area contributed by atoms with Crippen LogP contribution in [0.1, 0.15) is 43.2 Å². The van der Waals surface area contributed by atoms with Crippen molar-refractivity contribution >= 4 is 28.4 Å². The van der Waals surface area contributed by atoms with Crippen LogP contribution in [0.15, 0.2) is 54.6 Å². The third-order valence-corrected chi connectivity index (χ3v) is 6.05. The van der Waals surface area contributed by atoms with Gasteiger partial charge in [0.1, 0.15) is 11.2 Å². The summed E-state index contributed by atoms with van der Waals surface area (Å²) in [6.45, 7) is 9.12. The average molecular weight is 404 g/mol. The molecule has 3 aromatic rings. The Balaban J connectivity index is 1.83. The molecular formula is C25H29N3O2. The van der Waals surface area contributed by atoms with E-state index in [2.05, 4.69) is 19.2 Å². The summed E-state index contributed by atoms with van der Waals surface area (Å²) in [5, 5.41) is 4.10. The van der Waals surface area contributed by atoms with Crippen LogP contribution < -0.4 is 10.2 Å². The normalized spacial score (nSPS) is 18.7. The van der Waals surface area contributed by atoms with Crippen molar-refractivity contribution in [1.82, 2.24) is 9.88 Å². The van der Waals surface area contributed by atoms with Gasteiger partial charge in [-0.05, 0) is 49.9 Å². The van der Waals surface area contributed by atoms with Crippen LogP contribution in [0, 0.1) is 12.8 Å². The second-order valence-corrected chi connectivity index (χ2v) is 8.81. The number of carbonyl (C=O) groups excluding carboxylic acids is 2. The fourth-order valence-corrected chi connectivity index (χ4v) is 4.30.